The van der Waals surface area contributed by atoms with Gasteiger partial charge in [-0.2, -0.15) is 0 Å². The van der Waals surface area contributed by atoms with Crippen LogP contribution in [0.25, 0.3) is 0 Å². The third kappa shape index (κ3) is 3.27. The molecule has 3 N–H and O–H groups in total. The highest BCUT2D eigenvalue weighted by atomic mass is 19.1. The quantitative estimate of drug-likeness (QED) is 0.841. The maximum atomic E-state index is 13.0. The number of nitrogens with two attached hydrogens (primary N) is 1. The third-order valence-corrected chi connectivity index (χ3v) is 3.68. The first-order valence-electron chi connectivity index (χ1n) is 6.34. The smallest absolute Gasteiger partial charge is 0.123 e. The molecule has 1 aromatic rings. The highest BCUT2D eigenvalue weighted by molar-refractivity contribution is 5.30. The fourth-order valence-electron chi connectivity index (χ4n) is 2.59. The van der Waals surface area contributed by atoms with E-state index in [-0.39, 0.29) is 11.9 Å². The molecule has 2 unspecified atom stereocenters. The summed E-state index contributed by atoms with van der Waals surface area (Å²) in [4.78, 5) is 0. The van der Waals surface area contributed by atoms with E-state index in [1.807, 2.05) is 6.07 Å². The Bertz CT molecular complexity index is 380. The van der Waals surface area contributed by atoms with Crippen molar-refractivity contribution in [2.75, 3.05) is 6.54 Å². The van der Waals surface area contributed by atoms with E-state index in [4.69, 9.17) is 5.73 Å². The molecule has 17 heavy (non-hydrogen) atoms. The van der Waals surface area contributed by atoms with Gasteiger partial charge in [-0.25, -0.2) is 4.39 Å². The minimum atomic E-state index is -0.371. The van der Waals surface area contributed by atoms with Crippen LogP contribution in [0.4, 0.5) is 4.39 Å². The Hall–Kier alpha value is -0.930. The second kappa shape index (κ2) is 5.61. The van der Waals surface area contributed by atoms with E-state index < -0.39 is 0 Å². The van der Waals surface area contributed by atoms with Crippen LogP contribution in [-0.4, -0.2) is 17.8 Å². The lowest BCUT2D eigenvalue weighted by Gasteiger charge is -2.25. The highest BCUT2D eigenvalue weighted by Crippen LogP contribution is 2.29. The van der Waals surface area contributed by atoms with Gasteiger partial charge in [0.25, 0.3) is 0 Å². The predicted molar refractivity (Wildman–Crippen MR) is 66.2 cm³/mol. The number of aliphatic hydroxyl groups is 1. The molecule has 3 heteroatoms. The van der Waals surface area contributed by atoms with Crippen LogP contribution in [0.3, 0.4) is 0 Å². The molecular weight excluding hydrogens is 217 g/mol. The zero-order valence-corrected chi connectivity index (χ0v) is 10.0. The highest BCUT2D eigenvalue weighted by Gasteiger charge is 2.19. The van der Waals surface area contributed by atoms with Gasteiger partial charge in [0.1, 0.15) is 5.82 Å². The molecule has 1 aliphatic rings. The van der Waals surface area contributed by atoms with Crippen LogP contribution >= 0.6 is 0 Å². The lowest BCUT2D eigenvalue weighted by molar-refractivity contribution is 0.160. The fourth-order valence-corrected chi connectivity index (χ4v) is 2.59. The van der Waals surface area contributed by atoms with Crippen molar-refractivity contribution in [3.05, 3.63) is 35.1 Å². The van der Waals surface area contributed by atoms with E-state index in [9.17, 15) is 9.50 Å². The molecule has 0 bridgehead atoms. The summed E-state index contributed by atoms with van der Waals surface area (Å²) < 4.78 is 13.0. The summed E-state index contributed by atoms with van der Waals surface area (Å²) in [5.74, 6) is 0.468. The van der Waals surface area contributed by atoms with Crippen LogP contribution in [0, 0.1) is 11.7 Å². The lowest BCUT2D eigenvalue weighted by atomic mass is 9.81. The van der Waals surface area contributed by atoms with Crippen molar-refractivity contribution in [3.63, 3.8) is 0 Å². The lowest BCUT2D eigenvalue weighted by Crippen LogP contribution is -2.22. The SMILES string of the molecule is NCC(O)CCC1CCc2cc(F)ccc2C1. The van der Waals surface area contributed by atoms with Crippen molar-refractivity contribution in [2.45, 2.75) is 38.2 Å². The average molecular weight is 237 g/mol. The first kappa shape index (κ1) is 12.5. The number of benzene rings is 1. The number of fused-ring (bicyclic) bond motifs is 1. The van der Waals surface area contributed by atoms with Crippen molar-refractivity contribution < 1.29 is 9.50 Å². The second-order valence-electron chi connectivity index (χ2n) is 4.99. The van der Waals surface area contributed by atoms with Gasteiger partial charge in [-0.15, -0.1) is 0 Å². The van der Waals surface area contributed by atoms with E-state index in [2.05, 4.69) is 0 Å². The van der Waals surface area contributed by atoms with E-state index in [1.165, 1.54) is 11.6 Å². The third-order valence-electron chi connectivity index (χ3n) is 3.68. The minimum Gasteiger partial charge on any atom is -0.392 e. The summed E-state index contributed by atoms with van der Waals surface area (Å²) in [5.41, 5.74) is 7.81. The Morgan fingerprint density at radius 2 is 2.24 bits per heavy atom. The van der Waals surface area contributed by atoms with E-state index in [0.717, 1.165) is 37.7 Å². The van der Waals surface area contributed by atoms with Crippen LogP contribution in [-0.2, 0) is 12.8 Å². The molecular formula is C14H20FNO. The topological polar surface area (TPSA) is 46.2 Å². The van der Waals surface area contributed by atoms with Crippen molar-refractivity contribution in [1.82, 2.24) is 0 Å². The molecule has 1 aliphatic carbocycles. The molecule has 0 aliphatic heterocycles. The molecule has 0 fully saturated rings. The van der Waals surface area contributed by atoms with Crippen molar-refractivity contribution in [1.29, 1.82) is 0 Å². The molecule has 0 saturated heterocycles. The zero-order chi connectivity index (χ0) is 12.3. The number of rotatable bonds is 4. The molecule has 0 saturated carbocycles. The van der Waals surface area contributed by atoms with Gasteiger partial charge in [-0.05, 0) is 61.3 Å². The summed E-state index contributed by atoms with van der Waals surface area (Å²) in [5, 5.41) is 9.45. The first-order chi connectivity index (χ1) is 8.19. The summed E-state index contributed by atoms with van der Waals surface area (Å²) in [6.07, 6.45) is 4.47. The second-order valence-corrected chi connectivity index (χ2v) is 4.99. The molecule has 94 valence electrons. The largest absolute Gasteiger partial charge is 0.392 e. The molecule has 2 nitrogen and oxygen atoms in total. The molecule has 2 rings (SSSR count). The monoisotopic (exact) mass is 237 g/mol. The number of hydrogen-bond donors (Lipinski definition) is 2. The number of hydrogen-bond acceptors (Lipinski definition) is 2. The molecule has 0 aromatic heterocycles. The van der Waals surface area contributed by atoms with Crippen LogP contribution in [0.15, 0.2) is 18.2 Å². The van der Waals surface area contributed by atoms with Crippen LogP contribution < -0.4 is 5.73 Å². The maximum absolute atomic E-state index is 13.0. The van der Waals surface area contributed by atoms with Gasteiger partial charge in [-0.1, -0.05) is 6.07 Å². The summed E-state index contributed by atoms with van der Waals surface area (Å²) in [6.45, 7) is 0.342. The number of halogens is 1. The van der Waals surface area contributed by atoms with Crippen LogP contribution in [0.2, 0.25) is 0 Å². The van der Waals surface area contributed by atoms with Gasteiger partial charge in [0.2, 0.25) is 0 Å². The standard InChI is InChI=1S/C14H20FNO/c15-13-5-4-11-7-10(1-3-12(11)8-13)2-6-14(17)9-16/h4-5,8,10,14,17H,1-3,6-7,9,16H2. The number of aryl methyl sites for hydroxylation is 1. The van der Waals surface area contributed by atoms with E-state index in [0.29, 0.717) is 12.5 Å². The molecule has 0 heterocycles. The fraction of sp³-hybridized carbons (Fsp3) is 0.571. The molecule has 1 aromatic carbocycles. The van der Waals surface area contributed by atoms with Gasteiger partial charge in [0.05, 0.1) is 6.10 Å². The average Bonchev–Trinajstić information content (AvgIpc) is 2.35. The van der Waals surface area contributed by atoms with Crippen LogP contribution in [0.1, 0.15) is 30.4 Å². The van der Waals surface area contributed by atoms with Crippen LogP contribution in [0.5, 0.6) is 0 Å². The van der Waals surface area contributed by atoms with Crippen molar-refractivity contribution >= 4 is 0 Å². The van der Waals surface area contributed by atoms with Gasteiger partial charge in [0, 0.05) is 6.54 Å². The Kier molecular flexibility index (Phi) is 4.13. The van der Waals surface area contributed by atoms with Gasteiger partial charge >= 0.3 is 0 Å². The van der Waals surface area contributed by atoms with E-state index in [1.54, 1.807) is 6.07 Å². The normalized spacial score (nSPS) is 21.0. The Balaban J connectivity index is 1.92. The molecule has 0 radical (unpaired) electrons. The van der Waals surface area contributed by atoms with Crippen molar-refractivity contribution in [3.8, 4) is 0 Å². The predicted octanol–water partition coefficient (Wildman–Crippen LogP) is 2.03. The summed E-state index contributed by atoms with van der Waals surface area (Å²) >= 11 is 0. The zero-order valence-electron chi connectivity index (χ0n) is 10.0. The molecule has 0 amide bonds. The van der Waals surface area contributed by atoms with Gasteiger partial charge in [-0.3, -0.25) is 0 Å². The Morgan fingerprint density at radius 1 is 1.41 bits per heavy atom. The minimum absolute atomic E-state index is 0.138. The molecule has 2 atom stereocenters. The first-order valence-corrected chi connectivity index (χ1v) is 6.34. The summed E-state index contributed by atoms with van der Waals surface area (Å²) in [6, 6.07) is 5.09. The maximum Gasteiger partial charge on any atom is 0.123 e. The molecule has 0 spiro atoms. The Morgan fingerprint density at radius 3 is 3.00 bits per heavy atom. The van der Waals surface area contributed by atoms with Gasteiger partial charge < -0.3 is 10.8 Å². The van der Waals surface area contributed by atoms with Crippen molar-refractivity contribution in [2.24, 2.45) is 11.7 Å². The van der Waals surface area contributed by atoms with E-state index >= 15 is 0 Å². The summed E-state index contributed by atoms with van der Waals surface area (Å²) in [7, 11) is 0. The number of aliphatic hydroxyl groups excluding tert-OH is 1. The Labute approximate surface area is 102 Å². The van der Waals surface area contributed by atoms with Gasteiger partial charge in [0.15, 0.2) is 0 Å².